The van der Waals surface area contributed by atoms with Crippen LogP contribution in [0.2, 0.25) is 0 Å². The van der Waals surface area contributed by atoms with E-state index in [-0.39, 0.29) is 41.8 Å². The van der Waals surface area contributed by atoms with Crippen molar-refractivity contribution >= 4 is 10.4 Å². The Kier molecular flexibility index (Phi) is 14.5. The summed E-state index contributed by atoms with van der Waals surface area (Å²) in [6.45, 7) is 10.8. The number of allylic oxidation sites excluding steroid dienone is 1. The summed E-state index contributed by atoms with van der Waals surface area (Å²) in [6, 6.07) is 0. The fraction of sp³-hybridized carbons (Fsp3) is 0.958. The van der Waals surface area contributed by atoms with Crippen LogP contribution in [0.4, 0.5) is 0 Å². The van der Waals surface area contributed by atoms with Crippen molar-refractivity contribution in [1.82, 2.24) is 0 Å². The number of aliphatic hydroxyl groups is 11. The van der Waals surface area contributed by atoms with Crippen LogP contribution >= 0.6 is 0 Å². The van der Waals surface area contributed by atoms with Crippen molar-refractivity contribution in [3.63, 3.8) is 0 Å². The van der Waals surface area contributed by atoms with Crippen molar-refractivity contribution in [2.45, 2.75) is 203 Å². The fourth-order valence-electron chi connectivity index (χ4n) is 16.1. The monoisotopic (exact) mass is 1040 g/mol. The molecular formula is C48H78O22S. The van der Waals surface area contributed by atoms with E-state index in [9.17, 15) is 69.1 Å². The summed E-state index contributed by atoms with van der Waals surface area (Å²) >= 11 is 0. The first-order valence-corrected chi connectivity index (χ1v) is 26.7. The van der Waals surface area contributed by atoms with Crippen molar-refractivity contribution in [1.29, 1.82) is 0 Å². The zero-order valence-electron chi connectivity index (χ0n) is 41.3. The number of aliphatic hydroxyl groups excluding tert-OH is 11. The second-order valence-corrected chi connectivity index (χ2v) is 25.1. The van der Waals surface area contributed by atoms with Crippen molar-refractivity contribution in [3.8, 4) is 0 Å². The third kappa shape index (κ3) is 8.20. The molecule has 12 N–H and O–H groups in total. The average Bonchev–Trinajstić information content (AvgIpc) is 3.60. The minimum absolute atomic E-state index is 0.00790. The van der Waals surface area contributed by atoms with E-state index in [0.717, 1.165) is 25.7 Å². The van der Waals surface area contributed by atoms with Gasteiger partial charge in [-0.25, -0.2) is 4.18 Å². The SMILES string of the molecule is CC1OC(OC2CCC3(C)C(CCC4(C)C3C=CC35OCC6(CCC(C)(CO)CC63)C(O)CC45C)C2(C)CO)C(OC2OC(CO)C(O)C(O)C2O)C(OC2OC(CO)C(OS(=O)(=O)O)C(O)C2O)C1O. The van der Waals surface area contributed by atoms with Crippen LogP contribution in [-0.2, 0) is 47.7 Å². The highest BCUT2D eigenvalue weighted by molar-refractivity contribution is 7.80. The lowest BCUT2D eigenvalue weighted by Crippen LogP contribution is -2.73. The summed E-state index contributed by atoms with van der Waals surface area (Å²) < 4.78 is 81.3. The number of hydrogen-bond acceptors (Lipinski definition) is 21. The van der Waals surface area contributed by atoms with Gasteiger partial charge in [-0.2, -0.15) is 8.42 Å². The molecule has 0 amide bonds. The van der Waals surface area contributed by atoms with Gasteiger partial charge in [-0.1, -0.05) is 46.8 Å². The summed E-state index contributed by atoms with van der Waals surface area (Å²) in [5.41, 5.74) is -3.63. The van der Waals surface area contributed by atoms with Crippen molar-refractivity contribution in [3.05, 3.63) is 12.2 Å². The molecule has 408 valence electrons. The highest BCUT2D eigenvalue weighted by atomic mass is 32.3. The predicted molar refractivity (Wildman–Crippen MR) is 241 cm³/mol. The molecule has 4 saturated heterocycles. The maximum Gasteiger partial charge on any atom is 0.397 e. The van der Waals surface area contributed by atoms with Crippen LogP contribution in [0.3, 0.4) is 0 Å². The summed E-state index contributed by atoms with van der Waals surface area (Å²) in [4.78, 5) is 0. The average molecular weight is 1040 g/mol. The Morgan fingerprint density at radius 2 is 1.30 bits per heavy atom. The number of rotatable bonds is 12. The maximum atomic E-state index is 12.3. The van der Waals surface area contributed by atoms with Gasteiger partial charge in [0.15, 0.2) is 18.9 Å². The minimum atomic E-state index is -5.24. The van der Waals surface area contributed by atoms with Gasteiger partial charge in [0.1, 0.15) is 67.1 Å². The lowest BCUT2D eigenvalue weighted by Gasteiger charge is -2.73. The molecule has 1 spiro atoms. The number of ether oxygens (including phenoxy) is 7. The van der Waals surface area contributed by atoms with Crippen LogP contribution in [0.5, 0.6) is 0 Å². The van der Waals surface area contributed by atoms with Gasteiger partial charge in [-0.05, 0) is 86.4 Å². The molecule has 27 atom stereocenters. The Labute approximate surface area is 414 Å². The molecule has 22 nitrogen and oxygen atoms in total. The quantitative estimate of drug-likeness (QED) is 0.0595. The smallest absolute Gasteiger partial charge is 0.396 e. The van der Waals surface area contributed by atoms with Gasteiger partial charge in [0.2, 0.25) is 0 Å². The van der Waals surface area contributed by atoms with Gasteiger partial charge >= 0.3 is 10.4 Å². The van der Waals surface area contributed by atoms with Crippen molar-refractivity contribution in [2.75, 3.05) is 33.0 Å². The Morgan fingerprint density at radius 1 is 0.648 bits per heavy atom. The predicted octanol–water partition coefficient (Wildman–Crippen LogP) is -1.60. The van der Waals surface area contributed by atoms with Crippen LogP contribution < -0.4 is 0 Å². The molecule has 0 aromatic heterocycles. The Balaban J connectivity index is 1.03. The first-order valence-electron chi connectivity index (χ1n) is 25.3. The molecular weight excluding hydrogens is 961 g/mol. The second kappa shape index (κ2) is 18.8. The van der Waals surface area contributed by atoms with Crippen molar-refractivity contribution < 1.29 is 106 Å². The van der Waals surface area contributed by atoms with Crippen molar-refractivity contribution in [2.24, 2.45) is 50.2 Å². The van der Waals surface area contributed by atoms with Gasteiger partial charge < -0.3 is 89.3 Å². The standard InChI is InChI=1S/C48H78O22S/c1-22-30(54)37(68-40-35(59)33(57)36(24(18-50)66-40)70-71(60,61)62)38(69-39-34(58)32(56)31(55)23(17-49)65-39)41(64-22)67-29-9-10-43(3)25(44(29,4)20-52)7-11-45(5)26(43)8-12-48-27-15-42(2,19-51)13-14-47(27,21-63-48)28(53)16-46(45,48)6/h8,12,22-41,49-59H,7,9-11,13-21H2,1-6H3,(H,60,61,62). The molecule has 5 aliphatic carbocycles. The first-order chi connectivity index (χ1) is 33.2. The molecule has 71 heavy (non-hydrogen) atoms. The third-order valence-corrected chi connectivity index (χ3v) is 21.0. The van der Waals surface area contributed by atoms with Crippen LogP contribution in [-0.4, -0.2) is 212 Å². The maximum absolute atomic E-state index is 12.3. The van der Waals surface area contributed by atoms with Crippen LogP contribution in [0.1, 0.15) is 92.9 Å². The lowest BCUT2D eigenvalue weighted by atomic mass is 9.32. The zero-order chi connectivity index (χ0) is 51.8. The van der Waals surface area contributed by atoms with Gasteiger partial charge in [0, 0.05) is 28.8 Å². The molecule has 27 unspecified atom stereocenters. The normalized spacial score (nSPS) is 57.0. The molecule has 0 radical (unpaired) electrons. The highest BCUT2D eigenvalue weighted by Crippen LogP contribution is 2.79. The molecule has 8 fully saturated rings. The molecule has 4 saturated carbocycles. The third-order valence-electron chi connectivity index (χ3n) is 20.5. The molecule has 2 bridgehead atoms. The zero-order valence-corrected chi connectivity index (χ0v) is 42.1. The van der Waals surface area contributed by atoms with E-state index >= 15 is 0 Å². The van der Waals surface area contributed by atoms with Gasteiger partial charge in [0.05, 0.1) is 50.3 Å². The topological polar surface area (TPSA) is 351 Å². The second-order valence-electron chi connectivity index (χ2n) is 24.1. The fourth-order valence-corrected chi connectivity index (χ4v) is 16.6. The van der Waals surface area contributed by atoms with E-state index < -0.39 is 155 Å². The van der Waals surface area contributed by atoms with E-state index in [0.29, 0.717) is 32.3 Å². The lowest BCUT2D eigenvalue weighted by molar-refractivity contribution is -0.397. The van der Waals surface area contributed by atoms with E-state index in [2.05, 4.69) is 44.0 Å². The van der Waals surface area contributed by atoms with E-state index in [1.54, 1.807) is 0 Å². The highest BCUT2D eigenvalue weighted by Gasteiger charge is 2.79. The molecule has 0 aromatic carbocycles. The number of hydrogen-bond donors (Lipinski definition) is 12. The van der Waals surface area contributed by atoms with E-state index in [4.69, 9.17) is 33.2 Å². The van der Waals surface area contributed by atoms with Crippen LogP contribution in [0.25, 0.3) is 0 Å². The summed E-state index contributed by atoms with van der Waals surface area (Å²) in [6.07, 6.45) is -18.3. The van der Waals surface area contributed by atoms with E-state index in [1.165, 1.54) is 6.92 Å². The van der Waals surface area contributed by atoms with Gasteiger partial charge in [-0.3, -0.25) is 4.55 Å². The largest absolute Gasteiger partial charge is 0.397 e. The molecule has 23 heteroatoms. The summed E-state index contributed by atoms with van der Waals surface area (Å²) in [5.74, 6) is -0.197. The van der Waals surface area contributed by atoms with Gasteiger partial charge in [-0.15, -0.1) is 0 Å². The number of fused-ring (bicyclic) bond motifs is 4. The van der Waals surface area contributed by atoms with Crippen LogP contribution in [0, 0.1) is 50.2 Å². The molecule has 4 heterocycles. The van der Waals surface area contributed by atoms with E-state index in [1.807, 2.05) is 6.92 Å². The molecule has 4 aliphatic heterocycles. The minimum Gasteiger partial charge on any atom is -0.396 e. The summed E-state index contributed by atoms with van der Waals surface area (Å²) in [7, 11) is -5.24. The summed E-state index contributed by atoms with van der Waals surface area (Å²) in [5, 5.41) is 121. The molecule has 0 aromatic rings. The van der Waals surface area contributed by atoms with Crippen LogP contribution in [0.15, 0.2) is 12.2 Å². The first kappa shape index (κ1) is 54.7. The van der Waals surface area contributed by atoms with Gasteiger partial charge in [0.25, 0.3) is 0 Å². The molecule has 9 aliphatic rings. The Bertz CT molecular complexity index is 2080. The Hall–Kier alpha value is -1.11. The molecule has 9 rings (SSSR count). The Morgan fingerprint density at radius 3 is 1.93 bits per heavy atom.